The number of carbonyl (C=O) groups excluding carboxylic acids is 2. The van der Waals surface area contributed by atoms with E-state index in [1.165, 1.54) is 12.2 Å². The molecule has 0 aromatic carbocycles. The van der Waals surface area contributed by atoms with Crippen LogP contribution in [-0.4, -0.2) is 29.9 Å². The molecule has 4 heteroatoms. The Kier molecular flexibility index (Phi) is 2.81. The third kappa shape index (κ3) is 1.64. The fraction of sp³-hybridized carbons (Fsp3) is 0.750. The van der Waals surface area contributed by atoms with Gasteiger partial charge in [-0.1, -0.05) is 6.92 Å². The zero-order valence-electron chi connectivity index (χ0n) is 7.37. The SMILES string of the molecule is CCC1CC(=O)CC(=O)N1OC. The number of hydroxylamine groups is 2. The number of nitrogens with zero attached hydrogens (tertiary/aromatic N) is 1. The summed E-state index contributed by atoms with van der Waals surface area (Å²) in [5.74, 6) is -0.208. The second kappa shape index (κ2) is 3.67. The summed E-state index contributed by atoms with van der Waals surface area (Å²) in [6.45, 7) is 1.93. The molecule has 1 unspecified atom stereocenters. The Morgan fingerprint density at radius 2 is 2.25 bits per heavy atom. The average molecular weight is 171 g/mol. The molecule has 0 aromatic heterocycles. The lowest BCUT2D eigenvalue weighted by Crippen LogP contribution is -2.45. The molecule has 0 bridgehead atoms. The summed E-state index contributed by atoms with van der Waals surface area (Å²) >= 11 is 0. The number of Topliss-reactive ketones (excluding diaryl/α,β-unsaturated/α-hetero) is 1. The van der Waals surface area contributed by atoms with Crippen molar-refractivity contribution in [2.75, 3.05) is 7.11 Å². The van der Waals surface area contributed by atoms with Crippen LogP contribution >= 0.6 is 0 Å². The smallest absolute Gasteiger partial charge is 0.253 e. The van der Waals surface area contributed by atoms with Gasteiger partial charge in [0.1, 0.15) is 5.78 Å². The predicted octanol–water partition coefficient (Wildman–Crippen LogP) is 0.518. The quantitative estimate of drug-likeness (QED) is 0.569. The van der Waals surface area contributed by atoms with Crippen LogP contribution in [0.25, 0.3) is 0 Å². The van der Waals surface area contributed by atoms with E-state index in [0.717, 1.165) is 6.42 Å². The highest BCUT2D eigenvalue weighted by molar-refractivity contribution is 6.00. The summed E-state index contributed by atoms with van der Waals surface area (Å²) in [6, 6.07) is -0.0660. The Balaban J connectivity index is 2.69. The third-order valence-electron chi connectivity index (χ3n) is 2.06. The van der Waals surface area contributed by atoms with E-state index >= 15 is 0 Å². The number of amides is 1. The van der Waals surface area contributed by atoms with Crippen molar-refractivity contribution >= 4 is 11.7 Å². The molecule has 0 radical (unpaired) electrons. The van der Waals surface area contributed by atoms with Gasteiger partial charge in [-0.2, -0.15) is 0 Å². The van der Waals surface area contributed by atoms with Gasteiger partial charge in [-0.3, -0.25) is 14.4 Å². The second-order valence-electron chi connectivity index (χ2n) is 2.88. The Bertz CT molecular complexity index is 202. The maximum absolute atomic E-state index is 11.2. The van der Waals surface area contributed by atoms with Crippen LogP contribution in [0.2, 0.25) is 0 Å². The van der Waals surface area contributed by atoms with Gasteiger partial charge >= 0.3 is 0 Å². The van der Waals surface area contributed by atoms with Crippen LogP contribution < -0.4 is 0 Å². The summed E-state index contributed by atoms with van der Waals surface area (Å²) in [4.78, 5) is 27.1. The Morgan fingerprint density at radius 1 is 1.58 bits per heavy atom. The third-order valence-corrected chi connectivity index (χ3v) is 2.06. The minimum atomic E-state index is -0.222. The van der Waals surface area contributed by atoms with Crippen molar-refractivity contribution in [3.63, 3.8) is 0 Å². The van der Waals surface area contributed by atoms with E-state index in [1.54, 1.807) is 0 Å². The molecule has 1 saturated heterocycles. The topological polar surface area (TPSA) is 46.6 Å². The first-order valence-electron chi connectivity index (χ1n) is 4.07. The monoisotopic (exact) mass is 171 g/mol. The molecule has 1 rings (SSSR count). The van der Waals surface area contributed by atoms with E-state index in [2.05, 4.69) is 0 Å². The fourth-order valence-electron chi connectivity index (χ4n) is 1.43. The van der Waals surface area contributed by atoms with Gasteiger partial charge in [-0.25, -0.2) is 5.06 Å². The number of rotatable bonds is 2. The maximum atomic E-state index is 11.2. The Hall–Kier alpha value is -0.900. The van der Waals surface area contributed by atoms with E-state index in [1.807, 2.05) is 6.92 Å². The minimum Gasteiger partial charge on any atom is -0.299 e. The van der Waals surface area contributed by atoms with E-state index < -0.39 is 0 Å². The normalized spacial score (nSPS) is 24.8. The second-order valence-corrected chi connectivity index (χ2v) is 2.88. The number of hydrogen-bond acceptors (Lipinski definition) is 3. The molecule has 1 amide bonds. The largest absolute Gasteiger partial charge is 0.299 e. The van der Waals surface area contributed by atoms with Crippen LogP contribution in [0.4, 0.5) is 0 Å². The first-order valence-corrected chi connectivity index (χ1v) is 4.07. The lowest BCUT2D eigenvalue weighted by molar-refractivity contribution is -0.195. The van der Waals surface area contributed by atoms with Crippen molar-refractivity contribution in [2.24, 2.45) is 0 Å². The van der Waals surface area contributed by atoms with Crippen LogP contribution in [0.3, 0.4) is 0 Å². The van der Waals surface area contributed by atoms with Crippen molar-refractivity contribution in [1.29, 1.82) is 0 Å². The van der Waals surface area contributed by atoms with Gasteiger partial charge in [-0.15, -0.1) is 0 Å². The van der Waals surface area contributed by atoms with Crippen molar-refractivity contribution in [1.82, 2.24) is 5.06 Å². The summed E-state index contributed by atoms with van der Waals surface area (Å²) in [7, 11) is 1.45. The standard InChI is InChI=1S/C8H13NO3/c1-3-6-4-7(10)5-8(11)9(6)12-2/h6H,3-5H2,1-2H3. The van der Waals surface area contributed by atoms with Gasteiger partial charge in [-0.05, 0) is 6.42 Å². The molecular formula is C8H13NO3. The van der Waals surface area contributed by atoms with Gasteiger partial charge < -0.3 is 0 Å². The van der Waals surface area contributed by atoms with Crippen molar-refractivity contribution < 1.29 is 14.4 Å². The van der Waals surface area contributed by atoms with Gasteiger partial charge in [0, 0.05) is 6.42 Å². The zero-order chi connectivity index (χ0) is 9.14. The van der Waals surface area contributed by atoms with E-state index in [-0.39, 0.29) is 24.2 Å². The molecule has 1 atom stereocenters. The highest BCUT2D eigenvalue weighted by Gasteiger charge is 2.31. The van der Waals surface area contributed by atoms with Crippen LogP contribution in [0.1, 0.15) is 26.2 Å². The number of hydrogen-bond donors (Lipinski definition) is 0. The molecule has 1 heterocycles. The fourth-order valence-corrected chi connectivity index (χ4v) is 1.43. The highest BCUT2D eigenvalue weighted by atomic mass is 16.7. The molecule has 1 fully saturated rings. The summed E-state index contributed by atoms with van der Waals surface area (Å²) in [5, 5.41) is 1.31. The highest BCUT2D eigenvalue weighted by Crippen LogP contribution is 2.17. The molecular weight excluding hydrogens is 158 g/mol. The molecule has 0 aliphatic carbocycles. The van der Waals surface area contributed by atoms with Crippen molar-refractivity contribution in [3.05, 3.63) is 0 Å². The number of ketones is 1. The molecule has 0 aromatic rings. The Morgan fingerprint density at radius 3 is 2.75 bits per heavy atom. The van der Waals surface area contributed by atoms with Gasteiger partial charge in [0.2, 0.25) is 0 Å². The lowest BCUT2D eigenvalue weighted by Gasteiger charge is -2.31. The molecule has 0 saturated carbocycles. The minimum absolute atomic E-state index is 0.00958. The Labute approximate surface area is 71.4 Å². The number of carbonyl (C=O) groups is 2. The van der Waals surface area contributed by atoms with E-state index in [9.17, 15) is 9.59 Å². The number of piperidine rings is 1. The first-order chi connectivity index (χ1) is 5.69. The van der Waals surface area contributed by atoms with Crippen LogP contribution in [0.15, 0.2) is 0 Å². The molecule has 0 spiro atoms. The molecule has 12 heavy (non-hydrogen) atoms. The van der Waals surface area contributed by atoms with Gasteiger partial charge in [0.25, 0.3) is 5.91 Å². The zero-order valence-corrected chi connectivity index (χ0v) is 7.37. The van der Waals surface area contributed by atoms with E-state index in [4.69, 9.17) is 4.84 Å². The van der Waals surface area contributed by atoms with Crippen molar-refractivity contribution in [3.8, 4) is 0 Å². The maximum Gasteiger partial charge on any atom is 0.253 e. The van der Waals surface area contributed by atoms with Crippen molar-refractivity contribution in [2.45, 2.75) is 32.2 Å². The lowest BCUT2D eigenvalue weighted by atomic mass is 10.0. The molecule has 68 valence electrons. The van der Waals surface area contributed by atoms with Crippen LogP contribution in [0.5, 0.6) is 0 Å². The molecule has 1 aliphatic heterocycles. The van der Waals surface area contributed by atoms with Gasteiger partial charge in [0.15, 0.2) is 0 Å². The van der Waals surface area contributed by atoms with Gasteiger partial charge in [0.05, 0.1) is 19.6 Å². The molecule has 1 aliphatic rings. The van der Waals surface area contributed by atoms with E-state index in [0.29, 0.717) is 6.42 Å². The summed E-state index contributed by atoms with van der Waals surface area (Å²) < 4.78 is 0. The summed E-state index contributed by atoms with van der Waals surface area (Å²) in [6.07, 6.45) is 1.17. The molecule has 4 nitrogen and oxygen atoms in total. The van der Waals surface area contributed by atoms with Crippen LogP contribution in [-0.2, 0) is 14.4 Å². The first kappa shape index (κ1) is 9.19. The average Bonchev–Trinajstić information content (AvgIpc) is 2.03. The molecule has 0 N–H and O–H groups in total. The summed E-state index contributed by atoms with van der Waals surface area (Å²) in [5.41, 5.74) is 0. The van der Waals surface area contributed by atoms with Crippen LogP contribution in [0, 0.1) is 0 Å². The predicted molar refractivity (Wildman–Crippen MR) is 42.2 cm³/mol.